The van der Waals surface area contributed by atoms with Gasteiger partial charge in [-0.1, -0.05) is 6.07 Å². The van der Waals surface area contributed by atoms with Crippen LogP contribution in [0, 0.1) is 11.8 Å². The summed E-state index contributed by atoms with van der Waals surface area (Å²) in [5.74, 6) is 2.08. The molecule has 1 aliphatic heterocycles. The molecule has 2 fully saturated rings. The Morgan fingerprint density at radius 3 is 2.81 bits per heavy atom. The Morgan fingerprint density at radius 1 is 1.16 bits per heavy atom. The van der Waals surface area contributed by atoms with Crippen LogP contribution in [0.1, 0.15) is 29.8 Å². The number of hydrogen-bond donors (Lipinski definition) is 0. The molecule has 5 heterocycles. The van der Waals surface area contributed by atoms with Crippen LogP contribution in [-0.4, -0.2) is 54.5 Å². The molecule has 0 aromatic carbocycles. The first kappa shape index (κ1) is 18.9. The fourth-order valence-electron chi connectivity index (χ4n) is 5.26. The lowest BCUT2D eigenvalue weighted by molar-refractivity contribution is 0.0656. The van der Waals surface area contributed by atoms with Crippen LogP contribution in [0.15, 0.2) is 42.9 Å². The molecule has 4 aromatic rings. The van der Waals surface area contributed by atoms with Crippen molar-refractivity contribution in [3.05, 3.63) is 48.5 Å². The zero-order valence-corrected chi connectivity index (χ0v) is 18.3. The summed E-state index contributed by atoms with van der Waals surface area (Å²) in [5.41, 5.74) is 4.29. The minimum atomic E-state index is 0.0490. The number of nitrogens with zero attached hydrogens (tertiary/aromatic N) is 6. The van der Waals surface area contributed by atoms with Crippen LogP contribution >= 0.6 is 11.8 Å². The standard InChI is InChI=1S/C23H24N6OS/c1-31-14-29-21-9-19(23(30)27-12-15-5-6-16(8-15)13-27)24-10-17(21)22(26-29)18-11-25-28-7-3-2-4-20(18)28/h2-4,7,9-11,15-16H,5-6,8,12-14H2,1H3. The topological polar surface area (TPSA) is 68.3 Å². The van der Waals surface area contributed by atoms with Crippen molar-refractivity contribution in [2.75, 3.05) is 19.3 Å². The third kappa shape index (κ3) is 3.12. The van der Waals surface area contributed by atoms with Gasteiger partial charge in [0.1, 0.15) is 11.4 Å². The van der Waals surface area contributed by atoms with Gasteiger partial charge in [-0.3, -0.25) is 14.5 Å². The van der Waals surface area contributed by atoms with E-state index in [-0.39, 0.29) is 5.91 Å². The molecule has 2 unspecified atom stereocenters. The SMILES string of the molecule is CSCn1nc(-c2cnn3ccccc23)c2cnc(C(=O)N3CC4CCC(C4)C3)cc21. The lowest BCUT2D eigenvalue weighted by atomic mass is 9.98. The molecular weight excluding hydrogens is 408 g/mol. The number of carbonyl (C=O) groups excluding carboxylic acids is 1. The van der Waals surface area contributed by atoms with Crippen LogP contribution in [0.4, 0.5) is 0 Å². The maximum Gasteiger partial charge on any atom is 0.272 e. The third-order valence-electron chi connectivity index (χ3n) is 6.68. The number of rotatable bonds is 4. The van der Waals surface area contributed by atoms with E-state index in [9.17, 15) is 4.79 Å². The third-order valence-corrected chi connectivity index (χ3v) is 7.19. The summed E-state index contributed by atoms with van der Waals surface area (Å²) < 4.78 is 3.82. The minimum Gasteiger partial charge on any atom is -0.337 e. The van der Waals surface area contributed by atoms with Gasteiger partial charge >= 0.3 is 0 Å². The second kappa shape index (κ2) is 7.37. The summed E-state index contributed by atoms with van der Waals surface area (Å²) in [6, 6.07) is 7.92. The Morgan fingerprint density at radius 2 is 2.00 bits per heavy atom. The van der Waals surface area contributed by atoms with E-state index in [1.165, 1.54) is 19.3 Å². The summed E-state index contributed by atoms with van der Waals surface area (Å²) in [4.78, 5) is 19.9. The quantitative estimate of drug-likeness (QED) is 0.489. The highest BCUT2D eigenvalue weighted by Crippen LogP contribution is 2.37. The smallest absolute Gasteiger partial charge is 0.272 e. The molecule has 158 valence electrons. The van der Waals surface area contributed by atoms with E-state index in [0.29, 0.717) is 23.4 Å². The molecule has 0 radical (unpaired) electrons. The number of piperidine rings is 1. The van der Waals surface area contributed by atoms with E-state index in [4.69, 9.17) is 5.10 Å². The minimum absolute atomic E-state index is 0.0490. The Hall–Kier alpha value is -2.87. The molecule has 7 nitrogen and oxygen atoms in total. The Kier molecular flexibility index (Phi) is 4.49. The van der Waals surface area contributed by atoms with Crippen molar-refractivity contribution in [2.45, 2.75) is 25.1 Å². The van der Waals surface area contributed by atoms with Gasteiger partial charge in [0.2, 0.25) is 0 Å². The molecular formula is C23H24N6OS. The van der Waals surface area contributed by atoms with E-state index >= 15 is 0 Å². The normalized spacial score (nSPS) is 20.7. The van der Waals surface area contributed by atoms with Crippen LogP contribution in [0.2, 0.25) is 0 Å². The van der Waals surface area contributed by atoms with E-state index < -0.39 is 0 Å². The molecule has 1 saturated heterocycles. The molecule has 1 saturated carbocycles. The molecule has 1 aliphatic carbocycles. The average Bonchev–Trinajstić information content (AvgIpc) is 3.48. The summed E-state index contributed by atoms with van der Waals surface area (Å²) in [6.07, 6.45) is 11.4. The summed E-state index contributed by atoms with van der Waals surface area (Å²) in [5, 5.41) is 10.3. The molecule has 2 atom stereocenters. The summed E-state index contributed by atoms with van der Waals surface area (Å²) in [6.45, 7) is 1.74. The lowest BCUT2D eigenvalue weighted by Gasteiger charge is -2.31. The molecule has 6 rings (SSSR count). The molecule has 8 heteroatoms. The van der Waals surface area contributed by atoms with Gasteiger partial charge in [0.25, 0.3) is 5.91 Å². The zero-order chi connectivity index (χ0) is 20.9. The predicted molar refractivity (Wildman–Crippen MR) is 122 cm³/mol. The number of amides is 1. The van der Waals surface area contributed by atoms with Gasteiger partial charge < -0.3 is 4.90 Å². The van der Waals surface area contributed by atoms with Crippen molar-refractivity contribution in [1.82, 2.24) is 29.3 Å². The number of aromatic nitrogens is 5. The molecule has 2 aliphatic rings. The maximum atomic E-state index is 13.3. The highest BCUT2D eigenvalue weighted by molar-refractivity contribution is 7.97. The maximum absolute atomic E-state index is 13.3. The van der Waals surface area contributed by atoms with Crippen molar-refractivity contribution < 1.29 is 4.79 Å². The largest absolute Gasteiger partial charge is 0.337 e. The molecule has 4 aromatic heterocycles. The first-order valence-corrected chi connectivity index (χ1v) is 12.2. The number of pyridine rings is 2. The molecule has 31 heavy (non-hydrogen) atoms. The molecule has 0 spiro atoms. The van der Waals surface area contributed by atoms with Gasteiger partial charge in [0, 0.05) is 36.4 Å². The van der Waals surface area contributed by atoms with Crippen LogP contribution in [-0.2, 0) is 5.88 Å². The van der Waals surface area contributed by atoms with Crippen LogP contribution in [0.3, 0.4) is 0 Å². The van der Waals surface area contributed by atoms with Gasteiger partial charge in [-0.2, -0.15) is 10.2 Å². The second-order valence-electron chi connectivity index (χ2n) is 8.70. The molecule has 2 bridgehead atoms. The number of hydrogen-bond acceptors (Lipinski definition) is 5. The van der Waals surface area contributed by atoms with E-state index in [0.717, 1.165) is 40.8 Å². The number of fused-ring (bicyclic) bond motifs is 4. The van der Waals surface area contributed by atoms with Gasteiger partial charge in [0.15, 0.2) is 0 Å². The lowest BCUT2D eigenvalue weighted by Crippen LogP contribution is -2.41. The van der Waals surface area contributed by atoms with Crippen LogP contribution in [0.5, 0.6) is 0 Å². The van der Waals surface area contributed by atoms with E-state index in [1.54, 1.807) is 11.8 Å². The first-order chi connectivity index (χ1) is 15.2. The van der Waals surface area contributed by atoms with Crippen molar-refractivity contribution >= 4 is 34.1 Å². The Labute approximate surface area is 184 Å². The zero-order valence-electron chi connectivity index (χ0n) is 17.4. The monoisotopic (exact) mass is 432 g/mol. The predicted octanol–water partition coefficient (Wildman–Crippen LogP) is 3.94. The second-order valence-corrected chi connectivity index (χ2v) is 9.53. The van der Waals surface area contributed by atoms with Crippen molar-refractivity contribution in [3.63, 3.8) is 0 Å². The Bertz CT molecular complexity index is 1280. The fraction of sp³-hybridized carbons (Fsp3) is 0.391. The number of carbonyl (C=O) groups is 1. The van der Waals surface area contributed by atoms with Gasteiger partial charge in [-0.05, 0) is 55.6 Å². The fourth-order valence-corrected chi connectivity index (χ4v) is 5.70. The first-order valence-electron chi connectivity index (χ1n) is 10.8. The molecule has 1 amide bonds. The van der Waals surface area contributed by atoms with Crippen molar-refractivity contribution in [1.29, 1.82) is 0 Å². The van der Waals surface area contributed by atoms with Gasteiger partial charge in [0.05, 0.1) is 23.1 Å². The van der Waals surface area contributed by atoms with Gasteiger partial charge in [-0.25, -0.2) is 4.52 Å². The molecule has 0 N–H and O–H groups in total. The summed E-state index contributed by atoms with van der Waals surface area (Å²) in [7, 11) is 0. The number of likely N-dealkylation sites (tertiary alicyclic amines) is 1. The highest BCUT2D eigenvalue weighted by Gasteiger charge is 2.35. The van der Waals surface area contributed by atoms with E-state index in [2.05, 4.69) is 16.3 Å². The van der Waals surface area contributed by atoms with Crippen molar-refractivity contribution in [3.8, 4) is 11.3 Å². The van der Waals surface area contributed by atoms with E-state index in [1.807, 2.05) is 57.0 Å². The summed E-state index contributed by atoms with van der Waals surface area (Å²) >= 11 is 1.70. The van der Waals surface area contributed by atoms with Crippen LogP contribution < -0.4 is 0 Å². The van der Waals surface area contributed by atoms with Crippen LogP contribution in [0.25, 0.3) is 27.7 Å². The average molecular weight is 433 g/mol. The van der Waals surface area contributed by atoms with Gasteiger partial charge in [-0.15, -0.1) is 11.8 Å². The number of thioether (sulfide) groups is 1. The highest BCUT2D eigenvalue weighted by atomic mass is 32.2. The Balaban J connectivity index is 1.43. The van der Waals surface area contributed by atoms with Crippen molar-refractivity contribution in [2.24, 2.45) is 11.8 Å².